The lowest BCUT2D eigenvalue weighted by molar-refractivity contribution is 0.0714. The number of aromatic amines is 1. The van der Waals surface area contributed by atoms with E-state index in [1.807, 2.05) is 29.4 Å². The summed E-state index contributed by atoms with van der Waals surface area (Å²) < 4.78 is 0. The molecule has 4 aromatic rings. The fourth-order valence-corrected chi connectivity index (χ4v) is 5.53. The van der Waals surface area contributed by atoms with Crippen LogP contribution in [0.15, 0.2) is 43.0 Å². The molecule has 0 spiro atoms. The Morgan fingerprint density at radius 3 is 2.63 bits per heavy atom. The van der Waals surface area contributed by atoms with E-state index < -0.39 is 0 Å². The number of piperazine rings is 1. The van der Waals surface area contributed by atoms with Gasteiger partial charge in [-0.05, 0) is 44.2 Å². The second-order valence-electron chi connectivity index (χ2n) is 9.54. The number of nitrogens with zero attached hydrogens (tertiary/aromatic N) is 6. The minimum Gasteiger partial charge on any atom is -0.368 e. The number of anilines is 1. The maximum Gasteiger partial charge on any atom is 0.255 e. The molecule has 1 N–H and O–H groups in total. The van der Waals surface area contributed by atoms with Gasteiger partial charge in [0.05, 0.1) is 34.2 Å². The molecule has 0 unspecified atom stereocenters. The van der Waals surface area contributed by atoms with Gasteiger partial charge in [-0.25, -0.2) is 9.97 Å². The van der Waals surface area contributed by atoms with E-state index in [0.717, 1.165) is 72.3 Å². The Kier molecular flexibility index (Phi) is 5.78. The minimum absolute atomic E-state index is 0.0371. The molecule has 2 aliphatic rings. The third kappa shape index (κ3) is 4.10. The Morgan fingerprint density at radius 2 is 1.83 bits per heavy atom. The lowest BCUT2D eigenvalue weighted by atomic mass is 9.92. The van der Waals surface area contributed by atoms with Crippen LogP contribution in [-0.2, 0) is 0 Å². The predicted octanol–water partition coefficient (Wildman–Crippen LogP) is 3.93. The first-order valence-electron chi connectivity index (χ1n) is 12.2. The fourth-order valence-electron chi connectivity index (χ4n) is 5.31. The zero-order valence-corrected chi connectivity index (χ0v) is 20.5. The number of carbonyl (C=O) groups excluding carboxylic acids is 1. The van der Waals surface area contributed by atoms with Crippen molar-refractivity contribution < 1.29 is 4.79 Å². The molecule has 35 heavy (non-hydrogen) atoms. The van der Waals surface area contributed by atoms with E-state index in [1.54, 1.807) is 12.4 Å². The average molecular weight is 490 g/mol. The lowest BCUT2D eigenvalue weighted by Crippen LogP contribution is -2.44. The topological polar surface area (TPSA) is 81.2 Å². The maximum atomic E-state index is 13.3. The number of hydrogen-bond acceptors (Lipinski definition) is 6. The molecular weight excluding hydrogens is 462 g/mol. The molecule has 1 amide bonds. The lowest BCUT2D eigenvalue weighted by Gasteiger charge is -2.34. The number of piperidine rings is 1. The van der Waals surface area contributed by atoms with Gasteiger partial charge in [0.1, 0.15) is 11.8 Å². The SMILES string of the molecule is CN1CCN(c2cnc3c(C4CCN(C(=O)c5ccc(Cl)c6cc[nH]c56)CC4)ncnc3c2)CC1. The van der Waals surface area contributed by atoms with Gasteiger partial charge in [0.2, 0.25) is 0 Å². The summed E-state index contributed by atoms with van der Waals surface area (Å²) >= 11 is 6.29. The predicted molar refractivity (Wildman–Crippen MR) is 138 cm³/mol. The Balaban J connectivity index is 1.19. The summed E-state index contributed by atoms with van der Waals surface area (Å²) in [5.74, 6) is 0.289. The van der Waals surface area contributed by atoms with E-state index in [1.165, 1.54) is 0 Å². The molecule has 2 saturated heterocycles. The highest BCUT2D eigenvalue weighted by molar-refractivity contribution is 6.36. The second kappa shape index (κ2) is 9.09. The molecule has 6 rings (SSSR count). The molecule has 0 radical (unpaired) electrons. The number of rotatable bonds is 3. The van der Waals surface area contributed by atoms with Crippen molar-refractivity contribution >= 4 is 45.1 Å². The first-order chi connectivity index (χ1) is 17.1. The molecule has 2 fully saturated rings. The van der Waals surface area contributed by atoms with Crippen molar-refractivity contribution in [3.63, 3.8) is 0 Å². The third-order valence-corrected chi connectivity index (χ3v) is 7.76. The van der Waals surface area contributed by atoms with Gasteiger partial charge < -0.3 is 19.7 Å². The summed E-state index contributed by atoms with van der Waals surface area (Å²) in [4.78, 5) is 37.1. The number of likely N-dealkylation sites (tertiary alicyclic amines) is 1. The van der Waals surface area contributed by atoms with Gasteiger partial charge in [-0.15, -0.1) is 0 Å². The van der Waals surface area contributed by atoms with Crippen LogP contribution < -0.4 is 4.90 Å². The second-order valence-corrected chi connectivity index (χ2v) is 9.95. The van der Waals surface area contributed by atoms with Crippen molar-refractivity contribution in [3.05, 3.63) is 59.3 Å². The quantitative estimate of drug-likeness (QED) is 0.469. The summed E-state index contributed by atoms with van der Waals surface area (Å²) in [5.41, 5.74) is 5.34. The molecule has 8 nitrogen and oxygen atoms in total. The number of benzene rings is 1. The van der Waals surface area contributed by atoms with Gasteiger partial charge in [0, 0.05) is 61.8 Å². The molecule has 2 aliphatic heterocycles. The summed E-state index contributed by atoms with van der Waals surface area (Å²) in [5, 5.41) is 1.53. The number of pyridine rings is 1. The van der Waals surface area contributed by atoms with Gasteiger partial charge in [0.15, 0.2) is 0 Å². The summed E-state index contributed by atoms with van der Waals surface area (Å²) in [7, 11) is 2.16. The summed E-state index contributed by atoms with van der Waals surface area (Å²) in [6.45, 7) is 5.46. The van der Waals surface area contributed by atoms with E-state index in [0.29, 0.717) is 23.7 Å². The number of halogens is 1. The highest BCUT2D eigenvalue weighted by Gasteiger charge is 2.28. The first-order valence-corrected chi connectivity index (χ1v) is 12.6. The van der Waals surface area contributed by atoms with Crippen molar-refractivity contribution in [2.24, 2.45) is 0 Å². The zero-order chi connectivity index (χ0) is 23.9. The molecule has 0 saturated carbocycles. The zero-order valence-electron chi connectivity index (χ0n) is 19.7. The van der Waals surface area contributed by atoms with Crippen LogP contribution in [-0.4, -0.2) is 82.0 Å². The number of aromatic nitrogens is 4. The maximum absolute atomic E-state index is 13.3. The monoisotopic (exact) mass is 489 g/mol. The summed E-state index contributed by atoms with van der Waals surface area (Å²) in [6.07, 6.45) is 7.13. The number of hydrogen-bond donors (Lipinski definition) is 1. The number of amides is 1. The van der Waals surface area contributed by atoms with E-state index in [9.17, 15) is 4.79 Å². The normalized spacial score (nSPS) is 18.0. The Hall–Kier alpha value is -3.23. The number of nitrogens with one attached hydrogen (secondary N) is 1. The largest absolute Gasteiger partial charge is 0.368 e. The van der Waals surface area contributed by atoms with Crippen LogP contribution in [0.1, 0.15) is 34.8 Å². The van der Waals surface area contributed by atoms with E-state index in [2.05, 4.69) is 37.9 Å². The van der Waals surface area contributed by atoms with Gasteiger partial charge in [0.25, 0.3) is 5.91 Å². The van der Waals surface area contributed by atoms with Crippen LogP contribution in [0.5, 0.6) is 0 Å². The summed E-state index contributed by atoms with van der Waals surface area (Å²) in [6, 6.07) is 7.66. The van der Waals surface area contributed by atoms with Gasteiger partial charge >= 0.3 is 0 Å². The molecule has 9 heteroatoms. The standard InChI is InChI=1S/C26H28ClN7O/c1-32-10-12-33(13-11-32)18-14-22-25(29-15-18)23(31-16-30-22)17-5-8-34(9-6-17)26(35)20-2-3-21(27)19-4-7-28-24(19)20/h2-4,7,14-17,28H,5-6,8-13H2,1H3. The van der Waals surface area contributed by atoms with Crippen molar-refractivity contribution in [3.8, 4) is 0 Å². The van der Waals surface area contributed by atoms with E-state index in [-0.39, 0.29) is 11.8 Å². The Morgan fingerprint density at radius 1 is 1.03 bits per heavy atom. The van der Waals surface area contributed by atoms with Gasteiger partial charge in [-0.1, -0.05) is 11.6 Å². The Bertz CT molecular complexity index is 1390. The van der Waals surface area contributed by atoms with Crippen LogP contribution in [0.3, 0.4) is 0 Å². The van der Waals surface area contributed by atoms with Crippen molar-refractivity contribution in [1.82, 2.24) is 29.7 Å². The van der Waals surface area contributed by atoms with Crippen LogP contribution in [0, 0.1) is 0 Å². The van der Waals surface area contributed by atoms with Crippen LogP contribution in [0.2, 0.25) is 5.02 Å². The molecule has 5 heterocycles. The molecule has 180 valence electrons. The van der Waals surface area contributed by atoms with E-state index in [4.69, 9.17) is 16.6 Å². The number of carbonyl (C=O) groups is 1. The average Bonchev–Trinajstić information content (AvgIpc) is 3.40. The Labute approximate surface area is 208 Å². The minimum atomic E-state index is 0.0371. The third-order valence-electron chi connectivity index (χ3n) is 7.43. The highest BCUT2D eigenvalue weighted by atomic mass is 35.5. The molecule has 0 atom stereocenters. The first kappa shape index (κ1) is 22.2. The van der Waals surface area contributed by atoms with E-state index >= 15 is 0 Å². The van der Waals surface area contributed by atoms with Crippen LogP contribution in [0.25, 0.3) is 21.9 Å². The molecule has 0 bridgehead atoms. The number of fused-ring (bicyclic) bond motifs is 2. The molecule has 1 aromatic carbocycles. The molecular formula is C26H28ClN7O. The smallest absolute Gasteiger partial charge is 0.255 e. The molecule has 0 aliphatic carbocycles. The van der Waals surface area contributed by atoms with Crippen LogP contribution >= 0.6 is 11.6 Å². The van der Waals surface area contributed by atoms with Gasteiger partial charge in [-0.3, -0.25) is 9.78 Å². The van der Waals surface area contributed by atoms with Crippen molar-refractivity contribution in [1.29, 1.82) is 0 Å². The fraction of sp³-hybridized carbons (Fsp3) is 0.385. The van der Waals surface area contributed by atoms with Gasteiger partial charge in [-0.2, -0.15) is 0 Å². The van der Waals surface area contributed by atoms with Crippen molar-refractivity contribution in [2.45, 2.75) is 18.8 Å². The highest BCUT2D eigenvalue weighted by Crippen LogP contribution is 2.33. The molecule has 3 aromatic heterocycles. The number of H-pyrrole nitrogens is 1. The number of likely N-dealkylation sites (N-methyl/N-ethyl adjacent to an activating group) is 1. The van der Waals surface area contributed by atoms with Crippen molar-refractivity contribution in [2.75, 3.05) is 51.2 Å². The van der Waals surface area contributed by atoms with Crippen LogP contribution in [0.4, 0.5) is 5.69 Å².